The van der Waals surface area contributed by atoms with Crippen LogP contribution in [0.15, 0.2) is 18.2 Å². The van der Waals surface area contributed by atoms with Crippen LogP contribution in [0.1, 0.15) is 18.0 Å². The van der Waals surface area contributed by atoms with Crippen molar-refractivity contribution in [1.82, 2.24) is 10.2 Å². The highest BCUT2D eigenvalue weighted by molar-refractivity contribution is 5.85. The molecule has 0 aromatic heterocycles. The Morgan fingerprint density at radius 2 is 1.91 bits per heavy atom. The van der Waals surface area contributed by atoms with Crippen LogP contribution in [-0.2, 0) is 0 Å². The highest BCUT2D eigenvalue weighted by Crippen LogP contribution is 2.34. The number of ether oxygens (including phenoxy) is 2. The first-order chi connectivity index (χ1) is 9.80. The van der Waals surface area contributed by atoms with Gasteiger partial charge in [-0.15, -0.1) is 24.8 Å². The van der Waals surface area contributed by atoms with Gasteiger partial charge in [0.1, 0.15) is 11.5 Å². The van der Waals surface area contributed by atoms with Gasteiger partial charge in [-0.2, -0.15) is 5.26 Å². The van der Waals surface area contributed by atoms with Crippen LogP contribution in [0.25, 0.3) is 0 Å². The van der Waals surface area contributed by atoms with E-state index >= 15 is 0 Å². The third-order valence-electron chi connectivity index (χ3n) is 3.67. The quantitative estimate of drug-likeness (QED) is 0.886. The molecular weight excluding hydrogens is 325 g/mol. The van der Waals surface area contributed by atoms with Crippen molar-refractivity contribution >= 4 is 24.8 Å². The lowest BCUT2D eigenvalue weighted by molar-refractivity contribution is 0.172. The Morgan fingerprint density at radius 3 is 2.45 bits per heavy atom. The minimum Gasteiger partial charge on any atom is -0.497 e. The molecule has 0 aliphatic carbocycles. The predicted molar refractivity (Wildman–Crippen MR) is 91.5 cm³/mol. The van der Waals surface area contributed by atoms with E-state index in [1.54, 1.807) is 14.2 Å². The molecule has 1 aromatic rings. The van der Waals surface area contributed by atoms with Gasteiger partial charge in [0.15, 0.2) is 0 Å². The molecule has 5 nitrogen and oxygen atoms in total. The maximum absolute atomic E-state index is 9.15. The SMILES string of the molecule is COc1ccc(OC)c([C@H](CC#N)N2CCNCC2)c1.Cl.Cl. The number of nitrogens with zero attached hydrogens (tertiary/aromatic N) is 2. The predicted octanol–water partition coefficient (Wildman–Crippen LogP) is 2.41. The van der Waals surface area contributed by atoms with E-state index in [9.17, 15) is 0 Å². The normalized spacial score (nSPS) is 15.7. The van der Waals surface area contributed by atoms with E-state index in [2.05, 4.69) is 16.3 Å². The Balaban J connectivity index is 0.00000220. The second-order valence-corrected chi connectivity index (χ2v) is 4.77. The molecule has 1 N–H and O–H groups in total. The lowest BCUT2D eigenvalue weighted by Crippen LogP contribution is -2.45. The van der Waals surface area contributed by atoms with E-state index in [0.717, 1.165) is 43.2 Å². The largest absolute Gasteiger partial charge is 0.497 e. The smallest absolute Gasteiger partial charge is 0.123 e. The zero-order valence-electron chi connectivity index (χ0n) is 12.9. The number of methoxy groups -OCH3 is 2. The summed E-state index contributed by atoms with van der Waals surface area (Å²) in [5.74, 6) is 1.60. The number of halogens is 2. The first-order valence-electron chi connectivity index (χ1n) is 6.83. The van der Waals surface area contributed by atoms with Crippen LogP contribution in [0, 0.1) is 11.3 Å². The molecule has 0 radical (unpaired) electrons. The van der Waals surface area contributed by atoms with E-state index in [-0.39, 0.29) is 30.9 Å². The van der Waals surface area contributed by atoms with E-state index in [0.29, 0.717) is 6.42 Å². The molecule has 0 bridgehead atoms. The molecule has 1 heterocycles. The zero-order chi connectivity index (χ0) is 14.4. The first kappa shape index (κ1) is 20.8. The van der Waals surface area contributed by atoms with Crippen molar-refractivity contribution in [1.29, 1.82) is 5.26 Å². The monoisotopic (exact) mass is 347 g/mol. The maximum atomic E-state index is 9.15. The third kappa shape index (κ3) is 4.92. The molecule has 1 aromatic carbocycles. The Bertz CT molecular complexity index is 488. The van der Waals surface area contributed by atoms with Gasteiger partial charge in [0.2, 0.25) is 0 Å². The Labute approximate surface area is 144 Å². The summed E-state index contributed by atoms with van der Waals surface area (Å²) in [5.41, 5.74) is 1.02. The molecule has 7 heteroatoms. The molecule has 22 heavy (non-hydrogen) atoms. The molecule has 0 spiro atoms. The van der Waals surface area contributed by atoms with Crippen LogP contribution >= 0.6 is 24.8 Å². The summed E-state index contributed by atoms with van der Waals surface area (Å²) in [6.45, 7) is 3.78. The Kier molecular flexibility index (Phi) is 9.95. The molecule has 1 saturated heterocycles. The summed E-state index contributed by atoms with van der Waals surface area (Å²) in [6, 6.07) is 8.10. The number of piperazine rings is 1. The van der Waals surface area contributed by atoms with E-state index in [1.165, 1.54) is 0 Å². The highest BCUT2D eigenvalue weighted by Gasteiger charge is 2.25. The van der Waals surface area contributed by atoms with Crippen molar-refractivity contribution in [3.63, 3.8) is 0 Å². The summed E-state index contributed by atoms with van der Waals surface area (Å²) in [4.78, 5) is 2.33. The highest BCUT2D eigenvalue weighted by atomic mass is 35.5. The lowest BCUT2D eigenvalue weighted by atomic mass is 10.00. The number of hydrogen-bond donors (Lipinski definition) is 1. The number of rotatable bonds is 5. The van der Waals surface area contributed by atoms with E-state index in [1.807, 2.05) is 18.2 Å². The van der Waals surface area contributed by atoms with Crippen molar-refractivity contribution in [2.45, 2.75) is 12.5 Å². The minimum absolute atomic E-state index is 0. The van der Waals surface area contributed by atoms with Gasteiger partial charge in [-0.25, -0.2) is 0 Å². The van der Waals surface area contributed by atoms with Crippen molar-refractivity contribution in [2.75, 3.05) is 40.4 Å². The van der Waals surface area contributed by atoms with E-state index in [4.69, 9.17) is 14.7 Å². The second-order valence-electron chi connectivity index (χ2n) is 4.77. The van der Waals surface area contributed by atoms with Gasteiger partial charge < -0.3 is 14.8 Å². The van der Waals surface area contributed by atoms with Crippen molar-refractivity contribution in [2.24, 2.45) is 0 Å². The second kappa shape index (κ2) is 10.5. The molecule has 2 rings (SSSR count). The standard InChI is InChI=1S/C15H21N3O2.2ClH/c1-19-12-3-4-15(20-2)13(11-12)14(5-6-16)18-9-7-17-8-10-18;;/h3-4,11,14,17H,5,7-10H2,1-2H3;2*1H/t14-;;/m0../s1. The molecule has 0 saturated carbocycles. The fourth-order valence-corrected chi connectivity index (χ4v) is 2.62. The maximum Gasteiger partial charge on any atom is 0.123 e. The van der Waals surface area contributed by atoms with Crippen LogP contribution in [-0.4, -0.2) is 45.3 Å². The zero-order valence-corrected chi connectivity index (χ0v) is 14.5. The molecule has 0 amide bonds. The number of nitrogens with one attached hydrogen (secondary N) is 1. The molecule has 1 aliphatic rings. The van der Waals surface area contributed by atoms with Gasteiger partial charge in [-0.1, -0.05) is 0 Å². The van der Waals surface area contributed by atoms with Gasteiger partial charge in [-0.05, 0) is 18.2 Å². The summed E-state index contributed by atoms with van der Waals surface area (Å²) in [6.07, 6.45) is 0.448. The summed E-state index contributed by atoms with van der Waals surface area (Å²) in [7, 11) is 3.31. The van der Waals surface area contributed by atoms with Crippen LogP contribution in [0.5, 0.6) is 11.5 Å². The summed E-state index contributed by atoms with van der Waals surface area (Å²) in [5, 5.41) is 12.5. The number of nitriles is 1. The molecule has 0 unspecified atom stereocenters. The Morgan fingerprint density at radius 1 is 1.23 bits per heavy atom. The average Bonchev–Trinajstić information content (AvgIpc) is 2.53. The third-order valence-corrected chi connectivity index (χ3v) is 3.67. The van der Waals surface area contributed by atoms with Crippen LogP contribution in [0.2, 0.25) is 0 Å². The fraction of sp³-hybridized carbons (Fsp3) is 0.533. The molecule has 1 aliphatic heterocycles. The summed E-state index contributed by atoms with van der Waals surface area (Å²) >= 11 is 0. The van der Waals surface area contributed by atoms with Crippen LogP contribution in [0.4, 0.5) is 0 Å². The Hall–Kier alpha value is -1.19. The van der Waals surface area contributed by atoms with Crippen molar-refractivity contribution in [3.8, 4) is 17.6 Å². The lowest BCUT2D eigenvalue weighted by Gasteiger charge is -2.34. The minimum atomic E-state index is 0. The van der Waals surface area contributed by atoms with Crippen LogP contribution in [0.3, 0.4) is 0 Å². The molecule has 1 atom stereocenters. The molecule has 1 fully saturated rings. The fourth-order valence-electron chi connectivity index (χ4n) is 2.62. The van der Waals surface area contributed by atoms with Gasteiger partial charge in [0, 0.05) is 31.7 Å². The van der Waals surface area contributed by atoms with Crippen molar-refractivity contribution < 1.29 is 9.47 Å². The van der Waals surface area contributed by atoms with Crippen LogP contribution < -0.4 is 14.8 Å². The first-order valence-corrected chi connectivity index (χ1v) is 6.83. The van der Waals surface area contributed by atoms with Gasteiger partial charge in [0.05, 0.1) is 32.8 Å². The number of hydrogen-bond acceptors (Lipinski definition) is 5. The molecule has 124 valence electrons. The van der Waals surface area contributed by atoms with Gasteiger partial charge in [0.25, 0.3) is 0 Å². The molecular formula is C15H23Cl2N3O2. The summed E-state index contributed by atoms with van der Waals surface area (Å²) < 4.78 is 10.8. The average molecular weight is 348 g/mol. The van der Waals surface area contributed by atoms with Gasteiger partial charge in [-0.3, -0.25) is 4.90 Å². The van der Waals surface area contributed by atoms with E-state index < -0.39 is 0 Å². The topological polar surface area (TPSA) is 57.5 Å². The van der Waals surface area contributed by atoms with Gasteiger partial charge >= 0.3 is 0 Å². The number of benzene rings is 1. The van der Waals surface area contributed by atoms with Crippen molar-refractivity contribution in [3.05, 3.63) is 23.8 Å².